The minimum atomic E-state index is -3.84. The highest BCUT2D eigenvalue weighted by atomic mass is 32.2. The molecule has 1 amide bonds. The number of carboxylic acids is 1. The van der Waals surface area contributed by atoms with Crippen molar-refractivity contribution >= 4 is 33.3 Å². The Morgan fingerprint density at radius 3 is 2.58 bits per heavy atom. The predicted molar refractivity (Wildman–Crippen MR) is 95.2 cm³/mol. The number of carboxylic acid groups (broad SMARTS) is 1. The third kappa shape index (κ3) is 2.37. The summed E-state index contributed by atoms with van der Waals surface area (Å²) in [5, 5.41) is 9.17. The van der Waals surface area contributed by atoms with Gasteiger partial charge in [0, 0.05) is 19.3 Å². The molecular formula is C18H16N2O5S. The molecule has 2 heterocycles. The second-order valence-corrected chi connectivity index (χ2v) is 8.26. The molecule has 7 nitrogen and oxygen atoms in total. The maximum atomic E-state index is 13.1. The van der Waals surface area contributed by atoms with Gasteiger partial charge in [0.2, 0.25) is 5.91 Å². The van der Waals surface area contributed by atoms with E-state index < -0.39 is 16.0 Å². The van der Waals surface area contributed by atoms with Crippen molar-refractivity contribution in [2.24, 2.45) is 0 Å². The van der Waals surface area contributed by atoms with Crippen LogP contribution in [0.3, 0.4) is 0 Å². The van der Waals surface area contributed by atoms with Gasteiger partial charge in [0.15, 0.2) is 0 Å². The molecule has 134 valence electrons. The largest absolute Gasteiger partial charge is 0.478 e. The summed E-state index contributed by atoms with van der Waals surface area (Å²) in [7, 11) is -2.18. The van der Waals surface area contributed by atoms with Crippen LogP contribution in [0.15, 0.2) is 41.3 Å². The van der Waals surface area contributed by atoms with Crippen LogP contribution < -0.4 is 9.21 Å². The normalized spacial score (nSPS) is 16.0. The maximum Gasteiger partial charge on any atom is 0.335 e. The maximum absolute atomic E-state index is 13.1. The van der Waals surface area contributed by atoms with Gasteiger partial charge in [0.1, 0.15) is 0 Å². The van der Waals surface area contributed by atoms with Crippen LogP contribution in [0.5, 0.6) is 0 Å². The summed E-state index contributed by atoms with van der Waals surface area (Å²) in [6.45, 7) is 0.261. The first-order chi connectivity index (χ1) is 12.3. The lowest BCUT2D eigenvalue weighted by Gasteiger charge is -2.20. The molecule has 2 aliphatic rings. The van der Waals surface area contributed by atoms with Gasteiger partial charge < -0.3 is 10.0 Å². The summed E-state index contributed by atoms with van der Waals surface area (Å²) in [6, 6.07) is 9.19. The van der Waals surface area contributed by atoms with Gasteiger partial charge in [-0.25, -0.2) is 13.2 Å². The molecule has 26 heavy (non-hydrogen) atoms. The third-order valence-electron chi connectivity index (χ3n) is 4.90. The van der Waals surface area contributed by atoms with E-state index in [9.17, 15) is 23.1 Å². The SMILES string of the molecule is CN1C(=O)Cc2cc(S(=O)(=O)N3CCc4ccc(C(=O)O)cc43)ccc21. The van der Waals surface area contributed by atoms with E-state index in [-0.39, 0.29) is 29.3 Å². The number of hydrogen-bond donors (Lipinski definition) is 1. The Balaban J connectivity index is 1.76. The van der Waals surface area contributed by atoms with Gasteiger partial charge in [-0.2, -0.15) is 0 Å². The summed E-state index contributed by atoms with van der Waals surface area (Å²) in [5.41, 5.74) is 2.64. The van der Waals surface area contributed by atoms with Crippen LogP contribution in [0.1, 0.15) is 21.5 Å². The molecule has 0 spiro atoms. The van der Waals surface area contributed by atoms with E-state index in [1.165, 1.54) is 33.5 Å². The lowest BCUT2D eigenvalue weighted by Crippen LogP contribution is -2.29. The van der Waals surface area contributed by atoms with Gasteiger partial charge in [0.25, 0.3) is 10.0 Å². The molecule has 0 aliphatic carbocycles. The lowest BCUT2D eigenvalue weighted by atomic mass is 10.1. The van der Waals surface area contributed by atoms with Gasteiger partial charge in [-0.15, -0.1) is 0 Å². The van der Waals surface area contributed by atoms with Crippen molar-refractivity contribution in [3.8, 4) is 0 Å². The summed E-state index contributed by atoms with van der Waals surface area (Å²) in [4.78, 5) is 24.7. The van der Waals surface area contributed by atoms with E-state index in [2.05, 4.69) is 0 Å². The molecule has 0 unspecified atom stereocenters. The van der Waals surface area contributed by atoms with Crippen LogP contribution in [0.25, 0.3) is 0 Å². The first kappa shape index (κ1) is 16.6. The lowest BCUT2D eigenvalue weighted by molar-refractivity contribution is -0.117. The third-order valence-corrected chi connectivity index (χ3v) is 6.71. The van der Waals surface area contributed by atoms with Crippen LogP contribution in [-0.2, 0) is 27.7 Å². The van der Waals surface area contributed by atoms with Crippen molar-refractivity contribution in [2.45, 2.75) is 17.7 Å². The highest BCUT2D eigenvalue weighted by Crippen LogP contribution is 2.36. The summed E-state index contributed by atoms with van der Waals surface area (Å²) in [6.07, 6.45) is 0.704. The summed E-state index contributed by atoms with van der Waals surface area (Å²) >= 11 is 0. The molecule has 2 aromatic carbocycles. The zero-order valence-corrected chi connectivity index (χ0v) is 14.8. The molecule has 0 atom stereocenters. The van der Waals surface area contributed by atoms with E-state index in [0.717, 1.165) is 5.56 Å². The van der Waals surface area contributed by atoms with Crippen molar-refractivity contribution < 1.29 is 23.1 Å². The van der Waals surface area contributed by atoms with Crippen LogP contribution in [0.2, 0.25) is 0 Å². The van der Waals surface area contributed by atoms with E-state index in [1.54, 1.807) is 19.2 Å². The molecule has 0 aromatic heterocycles. The fourth-order valence-electron chi connectivity index (χ4n) is 3.47. The Labute approximate surface area is 150 Å². The number of aromatic carboxylic acids is 1. The topological polar surface area (TPSA) is 95.0 Å². The number of carbonyl (C=O) groups is 2. The van der Waals surface area contributed by atoms with E-state index in [1.807, 2.05) is 0 Å². The monoisotopic (exact) mass is 372 g/mol. The first-order valence-electron chi connectivity index (χ1n) is 8.07. The molecule has 0 radical (unpaired) electrons. The number of amides is 1. The summed E-state index contributed by atoms with van der Waals surface area (Å²) < 4.78 is 27.5. The standard InChI is InChI=1S/C18H16N2O5S/c1-19-15-5-4-14(8-13(15)10-17(19)21)26(24,25)20-7-6-11-2-3-12(18(22)23)9-16(11)20/h2-5,8-9H,6-7,10H2,1H3,(H,22,23). The molecule has 0 saturated heterocycles. The fraction of sp³-hybridized carbons (Fsp3) is 0.222. The molecule has 2 aliphatic heterocycles. The second kappa shape index (κ2) is 5.57. The molecular weight excluding hydrogens is 356 g/mol. The Hall–Kier alpha value is -2.87. The van der Waals surface area contributed by atoms with Crippen molar-refractivity contribution in [3.63, 3.8) is 0 Å². The van der Waals surface area contributed by atoms with Gasteiger partial charge in [-0.1, -0.05) is 6.07 Å². The number of likely N-dealkylation sites (N-methyl/N-ethyl adjacent to an activating group) is 1. The number of fused-ring (bicyclic) bond motifs is 2. The molecule has 1 N–H and O–H groups in total. The minimum Gasteiger partial charge on any atom is -0.478 e. The van der Waals surface area contributed by atoms with E-state index in [4.69, 9.17) is 0 Å². The van der Waals surface area contributed by atoms with Crippen LogP contribution in [0.4, 0.5) is 11.4 Å². The smallest absolute Gasteiger partial charge is 0.335 e. The zero-order chi connectivity index (χ0) is 18.6. The number of carbonyl (C=O) groups excluding carboxylic acids is 1. The summed E-state index contributed by atoms with van der Waals surface area (Å²) in [5.74, 6) is -1.18. The van der Waals surface area contributed by atoms with Crippen LogP contribution in [0, 0.1) is 0 Å². The van der Waals surface area contributed by atoms with Crippen molar-refractivity contribution in [1.29, 1.82) is 0 Å². The van der Waals surface area contributed by atoms with Crippen molar-refractivity contribution in [1.82, 2.24) is 0 Å². The van der Waals surface area contributed by atoms with E-state index in [0.29, 0.717) is 23.4 Å². The molecule has 0 bridgehead atoms. The van der Waals surface area contributed by atoms with Crippen molar-refractivity contribution in [2.75, 3.05) is 22.8 Å². The highest BCUT2D eigenvalue weighted by Gasteiger charge is 2.33. The zero-order valence-electron chi connectivity index (χ0n) is 14.0. The number of sulfonamides is 1. The van der Waals surface area contributed by atoms with Gasteiger partial charge in [-0.05, 0) is 47.9 Å². The van der Waals surface area contributed by atoms with E-state index >= 15 is 0 Å². The van der Waals surface area contributed by atoms with Crippen LogP contribution >= 0.6 is 0 Å². The minimum absolute atomic E-state index is 0.0482. The van der Waals surface area contributed by atoms with Gasteiger partial charge in [-0.3, -0.25) is 9.10 Å². The van der Waals surface area contributed by atoms with Gasteiger partial charge >= 0.3 is 5.97 Å². The molecule has 4 rings (SSSR count). The number of rotatable bonds is 3. The highest BCUT2D eigenvalue weighted by molar-refractivity contribution is 7.92. The molecule has 0 saturated carbocycles. The molecule has 0 fully saturated rings. The average molecular weight is 372 g/mol. The average Bonchev–Trinajstić information content (AvgIpc) is 3.15. The van der Waals surface area contributed by atoms with Crippen LogP contribution in [-0.4, -0.2) is 39.0 Å². The Bertz CT molecular complexity index is 1060. The Morgan fingerprint density at radius 2 is 1.85 bits per heavy atom. The Kier molecular flexibility index (Phi) is 3.55. The predicted octanol–water partition coefficient (Wildman–Crippen LogP) is 1.66. The second-order valence-electron chi connectivity index (χ2n) is 6.40. The molecule has 8 heteroatoms. The molecule has 2 aromatic rings. The first-order valence-corrected chi connectivity index (χ1v) is 9.51. The number of nitrogens with zero attached hydrogens (tertiary/aromatic N) is 2. The number of anilines is 2. The van der Waals surface area contributed by atoms with Crippen molar-refractivity contribution in [3.05, 3.63) is 53.1 Å². The number of hydrogen-bond acceptors (Lipinski definition) is 4. The number of benzene rings is 2. The quantitative estimate of drug-likeness (QED) is 0.884. The fourth-order valence-corrected chi connectivity index (χ4v) is 5.01. The Morgan fingerprint density at radius 1 is 1.08 bits per heavy atom. The van der Waals surface area contributed by atoms with Gasteiger partial charge in [0.05, 0.1) is 22.6 Å².